The summed E-state index contributed by atoms with van der Waals surface area (Å²) in [6.07, 6.45) is 10.7. The first-order chi connectivity index (χ1) is 29.6. The van der Waals surface area contributed by atoms with Crippen LogP contribution in [0, 0.1) is 13.8 Å². The normalized spacial score (nSPS) is 14.2. The highest BCUT2D eigenvalue weighted by Gasteiger charge is 2.24. The maximum atomic E-state index is 6.41. The summed E-state index contributed by atoms with van der Waals surface area (Å²) < 4.78 is 15.3. The second-order valence-corrected chi connectivity index (χ2v) is 16.5. The molecule has 3 nitrogen and oxygen atoms in total. The summed E-state index contributed by atoms with van der Waals surface area (Å²) in [6, 6.07) is 57.8. The SMILES string of the molecule is Cc1ccc2oc3ccc(-c4cccc(Cc5ccc6c(c5)oc5ccccc56)c4-c4c(C)ccc5c4c4ccccc4n5-c4cccc(C5C=CC=CC5)c4)cc3c2c1. The quantitative estimate of drug-likeness (QED) is 0.169. The van der Waals surface area contributed by atoms with Gasteiger partial charge in [-0.25, -0.2) is 0 Å². The molecule has 0 bridgehead atoms. The Hall–Kier alpha value is -7.36. The Morgan fingerprint density at radius 2 is 1.33 bits per heavy atom. The summed E-state index contributed by atoms with van der Waals surface area (Å²) in [5, 5.41) is 7.08. The van der Waals surface area contributed by atoms with Crippen LogP contribution in [-0.4, -0.2) is 4.57 Å². The smallest absolute Gasteiger partial charge is 0.135 e. The Balaban J connectivity index is 1.12. The highest BCUT2D eigenvalue weighted by molar-refractivity contribution is 6.18. The molecule has 0 fully saturated rings. The highest BCUT2D eigenvalue weighted by atomic mass is 16.3. The van der Waals surface area contributed by atoms with Gasteiger partial charge in [0.1, 0.15) is 22.3 Å². The molecule has 1 aliphatic rings. The fourth-order valence-electron chi connectivity index (χ4n) is 9.93. The summed E-state index contributed by atoms with van der Waals surface area (Å²) in [5.74, 6) is 0.364. The van der Waals surface area contributed by atoms with E-state index in [9.17, 15) is 0 Å². The van der Waals surface area contributed by atoms with Gasteiger partial charge in [-0.1, -0.05) is 127 Å². The lowest BCUT2D eigenvalue weighted by Gasteiger charge is -2.20. The number of fused-ring (bicyclic) bond motifs is 9. The molecule has 0 amide bonds. The lowest BCUT2D eigenvalue weighted by molar-refractivity contribution is 0.668. The van der Waals surface area contributed by atoms with Crippen molar-refractivity contribution in [1.29, 1.82) is 0 Å². The molecule has 0 spiro atoms. The fourth-order valence-corrected chi connectivity index (χ4v) is 9.93. The van der Waals surface area contributed by atoms with Crippen LogP contribution in [0.3, 0.4) is 0 Å². The maximum Gasteiger partial charge on any atom is 0.135 e. The van der Waals surface area contributed by atoms with E-state index >= 15 is 0 Å². The van der Waals surface area contributed by atoms with E-state index in [-0.39, 0.29) is 0 Å². The zero-order valence-electron chi connectivity index (χ0n) is 33.6. The van der Waals surface area contributed by atoms with Crippen LogP contribution in [0.4, 0.5) is 0 Å². The van der Waals surface area contributed by atoms with Gasteiger partial charge in [-0.2, -0.15) is 0 Å². The third-order valence-corrected chi connectivity index (χ3v) is 12.8. The summed E-state index contributed by atoms with van der Waals surface area (Å²) in [6.45, 7) is 4.42. The van der Waals surface area contributed by atoms with Gasteiger partial charge in [0.25, 0.3) is 0 Å². The summed E-state index contributed by atoms with van der Waals surface area (Å²) >= 11 is 0. The number of para-hydroxylation sites is 2. The average Bonchev–Trinajstić information content (AvgIpc) is 3.96. The molecule has 3 heterocycles. The van der Waals surface area contributed by atoms with Gasteiger partial charge in [-0.3, -0.25) is 0 Å². The molecule has 0 N–H and O–H groups in total. The Morgan fingerprint density at radius 3 is 2.23 bits per heavy atom. The first kappa shape index (κ1) is 34.7. The van der Waals surface area contributed by atoms with Crippen molar-refractivity contribution in [3.63, 3.8) is 0 Å². The van der Waals surface area contributed by atoms with Crippen molar-refractivity contribution in [1.82, 2.24) is 4.57 Å². The van der Waals surface area contributed by atoms with Crippen molar-refractivity contribution >= 4 is 65.7 Å². The number of aryl methyl sites for hydroxylation is 2. The molecule has 1 unspecified atom stereocenters. The zero-order valence-corrected chi connectivity index (χ0v) is 33.6. The largest absolute Gasteiger partial charge is 0.456 e. The van der Waals surface area contributed by atoms with Gasteiger partial charge in [0.2, 0.25) is 0 Å². The van der Waals surface area contributed by atoms with Crippen LogP contribution in [-0.2, 0) is 6.42 Å². The predicted molar refractivity (Wildman–Crippen MR) is 251 cm³/mol. The molecule has 60 heavy (non-hydrogen) atoms. The topological polar surface area (TPSA) is 31.2 Å². The molecular weight excluding hydrogens is 731 g/mol. The van der Waals surface area contributed by atoms with Gasteiger partial charge >= 0.3 is 0 Å². The van der Waals surface area contributed by atoms with Crippen LogP contribution in [0.15, 0.2) is 191 Å². The van der Waals surface area contributed by atoms with E-state index in [2.05, 4.69) is 194 Å². The highest BCUT2D eigenvalue weighted by Crippen LogP contribution is 2.46. The predicted octanol–water partition coefficient (Wildman–Crippen LogP) is 15.7. The van der Waals surface area contributed by atoms with Crippen molar-refractivity contribution in [3.05, 3.63) is 210 Å². The van der Waals surface area contributed by atoms with E-state index in [4.69, 9.17) is 8.83 Å². The van der Waals surface area contributed by atoms with Crippen LogP contribution in [0.2, 0.25) is 0 Å². The van der Waals surface area contributed by atoms with E-state index < -0.39 is 0 Å². The van der Waals surface area contributed by atoms with Crippen molar-refractivity contribution in [2.24, 2.45) is 0 Å². The molecule has 1 atom stereocenters. The van der Waals surface area contributed by atoms with Crippen LogP contribution in [0.25, 0.3) is 93.6 Å². The molecule has 12 rings (SSSR count). The van der Waals surface area contributed by atoms with E-state index in [0.717, 1.165) is 56.7 Å². The molecule has 0 saturated heterocycles. The molecule has 286 valence electrons. The Kier molecular flexibility index (Phi) is 7.86. The molecule has 0 saturated carbocycles. The van der Waals surface area contributed by atoms with E-state index in [1.807, 2.05) is 6.07 Å². The lowest BCUT2D eigenvalue weighted by atomic mass is 9.84. The first-order valence-electron chi connectivity index (χ1n) is 21.0. The molecule has 1 aliphatic carbocycles. The number of aromatic nitrogens is 1. The van der Waals surface area contributed by atoms with Gasteiger partial charge in [0, 0.05) is 43.9 Å². The van der Waals surface area contributed by atoms with E-state index in [1.54, 1.807) is 0 Å². The van der Waals surface area contributed by atoms with Gasteiger partial charge in [-0.05, 0) is 132 Å². The molecule has 0 aliphatic heterocycles. The van der Waals surface area contributed by atoms with Crippen molar-refractivity contribution in [3.8, 4) is 27.9 Å². The molecule has 8 aromatic carbocycles. The van der Waals surface area contributed by atoms with Crippen LogP contribution >= 0.6 is 0 Å². The van der Waals surface area contributed by atoms with Gasteiger partial charge < -0.3 is 13.4 Å². The summed E-state index contributed by atoms with van der Waals surface area (Å²) in [5.41, 5.74) is 18.4. The van der Waals surface area contributed by atoms with Crippen LogP contribution < -0.4 is 0 Å². The number of hydrogen-bond acceptors (Lipinski definition) is 2. The first-order valence-corrected chi connectivity index (χ1v) is 21.0. The van der Waals surface area contributed by atoms with E-state index in [1.165, 1.54) is 77.6 Å². The van der Waals surface area contributed by atoms with Crippen molar-refractivity contribution in [2.75, 3.05) is 0 Å². The number of rotatable bonds is 6. The summed E-state index contributed by atoms with van der Waals surface area (Å²) in [4.78, 5) is 0. The average molecular weight is 772 g/mol. The third-order valence-electron chi connectivity index (χ3n) is 12.8. The van der Waals surface area contributed by atoms with Crippen molar-refractivity contribution in [2.45, 2.75) is 32.6 Å². The third kappa shape index (κ3) is 5.50. The molecule has 0 radical (unpaired) electrons. The van der Waals surface area contributed by atoms with Crippen molar-refractivity contribution < 1.29 is 8.83 Å². The number of benzene rings is 8. The summed E-state index contributed by atoms with van der Waals surface area (Å²) in [7, 11) is 0. The maximum absolute atomic E-state index is 6.41. The van der Waals surface area contributed by atoms with Gasteiger partial charge in [-0.15, -0.1) is 0 Å². The van der Waals surface area contributed by atoms with Crippen LogP contribution in [0.1, 0.15) is 40.2 Å². The zero-order chi connectivity index (χ0) is 39.9. The van der Waals surface area contributed by atoms with Gasteiger partial charge in [0.05, 0.1) is 11.0 Å². The fraction of sp³-hybridized carbons (Fsp3) is 0.0877. The molecule has 3 aromatic heterocycles. The number of hydrogen-bond donors (Lipinski definition) is 0. The Bertz CT molecular complexity index is 3590. The molecule has 11 aromatic rings. The number of allylic oxidation sites excluding steroid dienone is 4. The second kappa shape index (κ2) is 13.6. The minimum absolute atomic E-state index is 0.364. The van der Waals surface area contributed by atoms with E-state index in [0.29, 0.717) is 5.92 Å². The molecular formula is C57H41NO2. The monoisotopic (exact) mass is 771 g/mol. The standard InChI is InChI=1S/C57H41NO2/c1-35-22-28-52-47(30-35)48-34-40(25-29-53(48)59-52)43-19-11-15-41(31-37-24-26-45-44-17-7-9-21-51(44)60-54(45)32-37)56(43)55-36(2)23-27-50-57(55)46-18-6-8-20-49(46)58(50)42-16-10-14-39(33-42)38-12-4-3-5-13-38/h3-12,14-30,32-34,38H,13,31H2,1-2H3. The van der Waals surface area contributed by atoms with Gasteiger partial charge in [0.15, 0.2) is 0 Å². The second-order valence-electron chi connectivity index (χ2n) is 16.5. The minimum Gasteiger partial charge on any atom is -0.456 e. The number of nitrogens with zero attached hydrogens (tertiary/aromatic N) is 1. The molecule has 3 heteroatoms. The minimum atomic E-state index is 0.364. The Morgan fingerprint density at radius 1 is 0.550 bits per heavy atom. The lowest BCUT2D eigenvalue weighted by Crippen LogP contribution is -2.00. The van der Waals surface area contributed by atoms with Crippen LogP contribution in [0.5, 0.6) is 0 Å². The number of furan rings is 2. The Labute approximate surface area is 348 Å².